The van der Waals surface area contributed by atoms with E-state index in [9.17, 15) is 9.59 Å². The molecule has 1 spiro atoms. The first-order valence-corrected chi connectivity index (χ1v) is 27.3. The molecule has 13 heteroatoms. The Labute approximate surface area is 386 Å². The van der Waals surface area contributed by atoms with Gasteiger partial charge in [-0.1, -0.05) is 80.5 Å². The largest absolute Gasteiger partial charge is 0.469 e. The van der Waals surface area contributed by atoms with Crippen LogP contribution in [-0.4, -0.2) is 114 Å². The van der Waals surface area contributed by atoms with Gasteiger partial charge in [0.15, 0.2) is 19.9 Å². The van der Waals surface area contributed by atoms with E-state index in [1.165, 1.54) is 7.11 Å². The Hall–Kier alpha value is -1.94. The standard InChI is InChI=1S/C51H84O12Si/c1-17-49(44-32(3)28-38(58-44)41-31(2)27-33(4)51(56-14,62-41)30-57-64(15,16)47(8,9)10)24-23-40(60-49)48(11)25-26-50(63-48)29-39(59-46(53)37-21-19-18-20-22-37)34(5)43(61-50)35(6)42(54-12)36(7)45(52)55-13/h18-22,31-36,38-44H,17,23-30H2,1-16H3/t31-,32-,33+,34+,35-,36-,38+,39-,40+,41-,42+,43-,44+,48-,49-,50+,51-/m0/s1. The molecule has 0 radical (unpaired) electrons. The number of hydrogen-bond donors (Lipinski definition) is 0. The van der Waals surface area contributed by atoms with E-state index in [0.29, 0.717) is 31.4 Å². The van der Waals surface area contributed by atoms with E-state index in [-0.39, 0.29) is 65.0 Å². The second-order valence-corrected chi connectivity index (χ2v) is 27.1. The van der Waals surface area contributed by atoms with Crippen LogP contribution in [0.5, 0.6) is 0 Å². The number of methoxy groups -OCH3 is 3. The van der Waals surface area contributed by atoms with E-state index in [4.69, 9.17) is 47.1 Å². The highest BCUT2D eigenvalue weighted by Crippen LogP contribution is 2.55. The molecule has 0 saturated carbocycles. The quantitative estimate of drug-likeness (QED) is 0.123. The molecule has 1 aromatic carbocycles. The Morgan fingerprint density at radius 1 is 0.922 bits per heavy atom. The fraction of sp³-hybridized carbons (Fsp3) is 0.843. The molecule has 5 aliphatic rings. The summed E-state index contributed by atoms with van der Waals surface area (Å²) < 4.78 is 66.6. The van der Waals surface area contributed by atoms with Gasteiger partial charge < -0.3 is 47.1 Å². The van der Waals surface area contributed by atoms with Crippen LogP contribution in [0.3, 0.4) is 0 Å². The maximum atomic E-state index is 13.6. The number of hydrogen-bond acceptors (Lipinski definition) is 12. The van der Waals surface area contributed by atoms with Crippen molar-refractivity contribution in [1.29, 1.82) is 0 Å². The molecule has 0 aliphatic carbocycles. The molecule has 6 rings (SSSR count). The predicted molar refractivity (Wildman–Crippen MR) is 247 cm³/mol. The highest BCUT2D eigenvalue weighted by Gasteiger charge is 2.63. The lowest BCUT2D eigenvalue weighted by Gasteiger charge is -2.50. The summed E-state index contributed by atoms with van der Waals surface area (Å²) in [6.07, 6.45) is 3.86. The Bertz CT molecular complexity index is 1740. The van der Waals surface area contributed by atoms with Crippen molar-refractivity contribution in [3.63, 3.8) is 0 Å². The minimum Gasteiger partial charge on any atom is -0.469 e. The van der Waals surface area contributed by atoms with E-state index in [1.54, 1.807) is 26.4 Å². The van der Waals surface area contributed by atoms with E-state index >= 15 is 0 Å². The molecule has 0 N–H and O–H groups in total. The Morgan fingerprint density at radius 2 is 1.61 bits per heavy atom. The molecule has 5 fully saturated rings. The summed E-state index contributed by atoms with van der Waals surface area (Å²) in [6.45, 7) is 28.8. The van der Waals surface area contributed by atoms with E-state index in [0.717, 1.165) is 32.1 Å². The third-order valence-corrected chi connectivity index (χ3v) is 21.5. The minimum absolute atomic E-state index is 0.0701. The average molecular weight is 917 g/mol. The van der Waals surface area contributed by atoms with E-state index in [2.05, 4.69) is 68.5 Å². The number of ether oxygens (including phenoxy) is 9. The lowest BCUT2D eigenvalue weighted by molar-refractivity contribution is -0.337. The van der Waals surface area contributed by atoms with Crippen molar-refractivity contribution in [1.82, 2.24) is 0 Å². The van der Waals surface area contributed by atoms with E-state index in [1.807, 2.05) is 39.0 Å². The molecule has 5 aliphatic heterocycles. The van der Waals surface area contributed by atoms with Gasteiger partial charge in [0, 0.05) is 44.8 Å². The topological polar surface area (TPSA) is 126 Å². The summed E-state index contributed by atoms with van der Waals surface area (Å²) >= 11 is 0. The summed E-state index contributed by atoms with van der Waals surface area (Å²) in [5.41, 5.74) is -0.696. The van der Waals surface area contributed by atoms with Crippen LogP contribution in [0.4, 0.5) is 0 Å². The van der Waals surface area contributed by atoms with Crippen LogP contribution >= 0.6 is 0 Å². The Kier molecular flexibility index (Phi) is 15.7. The van der Waals surface area contributed by atoms with Crippen molar-refractivity contribution in [3.8, 4) is 0 Å². The lowest BCUT2D eigenvalue weighted by Crippen LogP contribution is -2.59. The Balaban J connectivity index is 1.20. The van der Waals surface area contributed by atoms with Crippen LogP contribution in [0.25, 0.3) is 0 Å². The number of benzene rings is 1. The summed E-state index contributed by atoms with van der Waals surface area (Å²) in [5, 5.41) is 0.0701. The fourth-order valence-electron chi connectivity index (χ4n) is 11.8. The molecule has 5 saturated heterocycles. The van der Waals surface area contributed by atoms with Crippen molar-refractivity contribution in [2.45, 2.75) is 211 Å². The molecule has 0 aromatic heterocycles. The summed E-state index contributed by atoms with van der Waals surface area (Å²) in [4.78, 5) is 26.4. The molecule has 5 heterocycles. The number of esters is 2. The van der Waals surface area contributed by atoms with Gasteiger partial charge in [0.1, 0.15) is 6.10 Å². The van der Waals surface area contributed by atoms with Crippen LogP contribution in [0.1, 0.15) is 138 Å². The molecule has 64 heavy (non-hydrogen) atoms. The van der Waals surface area contributed by atoms with Crippen LogP contribution in [0, 0.1) is 35.5 Å². The molecular weight excluding hydrogens is 833 g/mol. The van der Waals surface area contributed by atoms with Gasteiger partial charge in [0.25, 0.3) is 0 Å². The van der Waals surface area contributed by atoms with Gasteiger partial charge in [0.05, 0.1) is 73.0 Å². The maximum Gasteiger partial charge on any atom is 0.338 e. The average Bonchev–Trinajstić information content (AvgIpc) is 3.97. The number of carbonyl (C=O) groups is 2. The van der Waals surface area contributed by atoms with Crippen LogP contribution < -0.4 is 0 Å². The first-order valence-electron chi connectivity index (χ1n) is 24.4. The van der Waals surface area contributed by atoms with Crippen molar-refractivity contribution in [2.75, 3.05) is 27.9 Å². The monoisotopic (exact) mass is 917 g/mol. The van der Waals surface area contributed by atoms with Gasteiger partial charge in [-0.05, 0) is 94.5 Å². The van der Waals surface area contributed by atoms with Crippen LogP contribution in [0.2, 0.25) is 18.1 Å². The smallest absolute Gasteiger partial charge is 0.338 e. The van der Waals surface area contributed by atoms with Gasteiger partial charge in [-0.3, -0.25) is 4.79 Å². The first kappa shape index (κ1) is 51.4. The van der Waals surface area contributed by atoms with Crippen molar-refractivity contribution >= 4 is 20.3 Å². The van der Waals surface area contributed by atoms with Gasteiger partial charge in [0.2, 0.25) is 0 Å². The van der Waals surface area contributed by atoms with Crippen molar-refractivity contribution in [2.24, 2.45) is 35.5 Å². The van der Waals surface area contributed by atoms with Gasteiger partial charge >= 0.3 is 11.9 Å². The zero-order valence-electron chi connectivity index (χ0n) is 42.2. The highest BCUT2D eigenvalue weighted by molar-refractivity contribution is 6.74. The summed E-state index contributed by atoms with van der Waals surface area (Å²) in [7, 11) is 2.69. The lowest BCUT2D eigenvalue weighted by atomic mass is 9.78. The SMILES string of the molecule is CC[C@@]1([C@@H]2O[C@@H]([C@H]3O[C@](CO[Si](C)(C)C(C)(C)C)(OC)[C@H](C)C[C@@H]3C)C[C@@H]2C)CC[C@H]([C@]2(C)CC[C@]3(C[C@H](OC(=O)c4ccccc4)[C@@H](C)[C@@H]([C@@H](C)[C@@H](OC)[C@H](C)C(=O)OC)O3)O2)O1. The summed E-state index contributed by atoms with van der Waals surface area (Å²) in [5.74, 6) is -3.02. The van der Waals surface area contributed by atoms with Crippen molar-refractivity contribution < 1.29 is 56.6 Å². The number of rotatable bonds is 15. The molecular formula is C51H84O12Si. The fourth-order valence-corrected chi connectivity index (χ4v) is 12.8. The first-order chi connectivity index (χ1) is 29.9. The number of carbonyl (C=O) groups excluding carboxylic acids is 2. The minimum atomic E-state index is -2.06. The third-order valence-electron chi connectivity index (χ3n) is 17.0. The molecule has 1 aromatic rings. The van der Waals surface area contributed by atoms with E-state index < -0.39 is 61.3 Å². The summed E-state index contributed by atoms with van der Waals surface area (Å²) in [6, 6.07) is 9.07. The maximum absolute atomic E-state index is 13.6. The normalized spacial score (nSPS) is 40.9. The van der Waals surface area contributed by atoms with Gasteiger partial charge in [-0.15, -0.1) is 0 Å². The molecule has 364 valence electrons. The molecule has 0 amide bonds. The van der Waals surface area contributed by atoms with Crippen LogP contribution in [-0.2, 0) is 51.9 Å². The zero-order valence-corrected chi connectivity index (χ0v) is 43.2. The second-order valence-electron chi connectivity index (χ2n) is 22.3. The molecule has 0 bridgehead atoms. The molecule has 12 nitrogen and oxygen atoms in total. The predicted octanol–water partition coefficient (Wildman–Crippen LogP) is 9.91. The van der Waals surface area contributed by atoms with Crippen molar-refractivity contribution in [3.05, 3.63) is 35.9 Å². The second kappa shape index (κ2) is 19.6. The highest BCUT2D eigenvalue weighted by atomic mass is 28.4. The van der Waals surface area contributed by atoms with Gasteiger partial charge in [-0.25, -0.2) is 4.79 Å². The Morgan fingerprint density at radius 3 is 2.22 bits per heavy atom. The molecule has 17 atom stereocenters. The zero-order chi connectivity index (χ0) is 47.2. The van der Waals surface area contributed by atoms with Crippen LogP contribution in [0.15, 0.2) is 30.3 Å². The molecule has 0 unspecified atom stereocenters. The third kappa shape index (κ3) is 9.95. The van der Waals surface area contributed by atoms with Gasteiger partial charge in [-0.2, -0.15) is 0 Å².